The predicted molar refractivity (Wildman–Crippen MR) is 65.4 cm³/mol. The van der Waals surface area contributed by atoms with Gasteiger partial charge in [-0.3, -0.25) is 4.79 Å². The van der Waals surface area contributed by atoms with E-state index in [0.29, 0.717) is 5.56 Å². The number of aryl methyl sites for hydroxylation is 1. The van der Waals surface area contributed by atoms with E-state index < -0.39 is 0 Å². The molecular formula is C13H17FN2O. The number of carbonyl (C=O) groups is 1. The average molecular weight is 236 g/mol. The monoisotopic (exact) mass is 236 g/mol. The van der Waals surface area contributed by atoms with Crippen LogP contribution in [-0.4, -0.2) is 18.5 Å². The largest absolute Gasteiger partial charge is 0.322 e. The summed E-state index contributed by atoms with van der Waals surface area (Å²) in [6, 6.07) is 4.82. The molecule has 4 heteroatoms. The molecule has 1 saturated heterocycles. The van der Waals surface area contributed by atoms with Crippen LogP contribution in [0.1, 0.15) is 24.8 Å². The second-order valence-electron chi connectivity index (χ2n) is 4.43. The number of hydrogen-bond donors (Lipinski definition) is 2. The fraction of sp³-hybridized carbons (Fsp3) is 0.462. The van der Waals surface area contributed by atoms with Crippen molar-refractivity contribution in [3.63, 3.8) is 0 Å². The van der Waals surface area contributed by atoms with Gasteiger partial charge in [-0.25, -0.2) is 4.39 Å². The zero-order chi connectivity index (χ0) is 12.3. The smallest absolute Gasteiger partial charge is 0.241 e. The number of carbonyl (C=O) groups excluding carboxylic acids is 1. The van der Waals surface area contributed by atoms with Crippen LogP contribution >= 0.6 is 0 Å². The molecule has 1 aromatic carbocycles. The van der Waals surface area contributed by atoms with E-state index in [2.05, 4.69) is 10.6 Å². The standard InChI is InChI=1S/C13H17FN2O/c1-9-5-4-7-10(12(9)14)16-13(17)11-6-2-3-8-15-11/h4-5,7,11,15H,2-3,6,8H2,1H3,(H,16,17). The molecule has 1 atom stereocenters. The van der Waals surface area contributed by atoms with Crippen molar-refractivity contribution < 1.29 is 9.18 Å². The Morgan fingerprint density at radius 1 is 1.47 bits per heavy atom. The van der Waals surface area contributed by atoms with Gasteiger partial charge in [0.2, 0.25) is 5.91 Å². The number of amides is 1. The Morgan fingerprint density at radius 3 is 3.00 bits per heavy atom. The van der Waals surface area contributed by atoms with Crippen molar-refractivity contribution in [2.45, 2.75) is 32.2 Å². The Labute approximate surface area is 100 Å². The highest BCUT2D eigenvalue weighted by molar-refractivity contribution is 5.95. The van der Waals surface area contributed by atoms with Gasteiger partial charge < -0.3 is 10.6 Å². The fourth-order valence-corrected chi connectivity index (χ4v) is 2.04. The highest BCUT2D eigenvalue weighted by Gasteiger charge is 2.21. The Bertz CT molecular complexity index is 414. The molecule has 1 fully saturated rings. The van der Waals surface area contributed by atoms with E-state index in [1.807, 2.05) is 0 Å². The molecule has 2 N–H and O–H groups in total. The summed E-state index contributed by atoms with van der Waals surface area (Å²) in [5.41, 5.74) is 0.807. The highest BCUT2D eigenvalue weighted by Crippen LogP contribution is 2.18. The van der Waals surface area contributed by atoms with Gasteiger partial charge in [0.05, 0.1) is 11.7 Å². The number of piperidine rings is 1. The SMILES string of the molecule is Cc1cccc(NC(=O)C2CCCCN2)c1F. The van der Waals surface area contributed by atoms with Gasteiger partial charge in [-0.2, -0.15) is 0 Å². The fourth-order valence-electron chi connectivity index (χ4n) is 2.04. The Balaban J connectivity index is 2.04. The molecule has 1 amide bonds. The molecular weight excluding hydrogens is 219 g/mol. The first-order valence-electron chi connectivity index (χ1n) is 5.98. The van der Waals surface area contributed by atoms with Crippen LogP contribution in [0.4, 0.5) is 10.1 Å². The minimum absolute atomic E-state index is 0.144. The first kappa shape index (κ1) is 12.0. The van der Waals surface area contributed by atoms with E-state index in [0.717, 1.165) is 25.8 Å². The molecule has 0 spiro atoms. The van der Waals surface area contributed by atoms with Crippen molar-refractivity contribution in [3.8, 4) is 0 Å². The van der Waals surface area contributed by atoms with Gasteiger partial charge in [-0.05, 0) is 37.9 Å². The number of nitrogens with one attached hydrogen (secondary N) is 2. The van der Waals surface area contributed by atoms with Crippen LogP contribution in [0.2, 0.25) is 0 Å². The molecule has 1 aromatic rings. The summed E-state index contributed by atoms with van der Waals surface area (Å²) in [5, 5.41) is 5.78. The molecule has 92 valence electrons. The van der Waals surface area contributed by atoms with Gasteiger partial charge in [0, 0.05) is 0 Å². The molecule has 2 rings (SSSR count). The van der Waals surface area contributed by atoms with Gasteiger partial charge in [0.15, 0.2) is 0 Å². The predicted octanol–water partition coefficient (Wildman–Crippen LogP) is 2.21. The lowest BCUT2D eigenvalue weighted by atomic mass is 10.0. The quantitative estimate of drug-likeness (QED) is 0.826. The van der Waals surface area contributed by atoms with E-state index in [4.69, 9.17) is 0 Å². The normalized spacial score (nSPS) is 20.0. The van der Waals surface area contributed by atoms with Crippen LogP contribution < -0.4 is 10.6 Å². The third-order valence-electron chi connectivity index (χ3n) is 3.08. The Morgan fingerprint density at radius 2 is 2.29 bits per heavy atom. The van der Waals surface area contributed by atoms with Crippen molar-refractivity contribution >= 4 is 11.6 Å². The lowest BCUT2D eigenvalue weighted by molar-refractivity contribution is -0.118. The molecule has 0 bridgehead atoms. The summed E-state index contributed by atoms with van der Waals surface area (Å²) >= 11 is 0. The van der Waals surface area contributed by atoms with E-state index in [1.54, 1.807) is 25.1 Å². The Hall–Kier alpha value is -1.42. The summed E-state index contributed by atoms with van der Waals surface area (Å²) in [5.74, 6) is -0.495. The van der Waals surface area contributed by atoms with Crippen molar-refractivity contribution in [1.82, 2.24) is 5.32 Å². The van der Waals surface area contributed by atoms with E-state index in [1.165, 1.54) is 0 Å². The molecule has 1 aliphatic rings. The number of hydrogen-bond acceptors (Lipinski definition) is 2. The first-order valence-corrected chi connectivity index (χ1v) is 5.98. The summed E-state index contributed by atoms with van der Waals surface area (Å²) in [6.07, 6.45) is 2.96. The van der Waals surface area contributed by atoms with Crippen LogP contribution in [0.25, 0.3) is 0 Å². The van der Waals surface area contributed by atoms with Crippen molar-refractivity contribution in [1.29, 1.82) is 0 Å². The van der Waals surface area contributed by atoms with Gasteiger partial charge in [0.25, 0.3) is 0 Å². The first-order chi connectivity index (χ1) is 8.18. The summed E-state index contributed by atoms with van der Waals surface area (Å²) in [4.78, 5) is 11.9. The molecule has 17 heavy (non-hydrogen) atoms. The van der Waals surface area contributed by atoms with Gasteiger partial charge >= 0.3 is 0 Å². The second kappa shape index (κ2) is 5.27. The van der Waals surface area contributed by atoms with Gasteiger partial charge in [-0.1, -0.05) is 18.6 Å². The van der Waals surface area contributed by atoms with E-state index in [9.17, 15) is 9.18 Å². The maximum Gasteiger partial charge on any atom is 0.241 e. The zero-order valence-electron chi connectivity index (χ0n) is 9.92. The number of rotatable bonds is 2. The average Bonchev–Trinajstić information content (AvgIpc) is 2.36. The van der Waals surface area contributed by atoms with Crippen LogP contribution in [0.5, 0.6) is 0 Å². The molecule has 1 aliphatic heterocycles. The minimum Gasteiger partial charge on any atom is -0.322 e. The van der Waals surface area contributed by atoms with Crippen molar-refractivity contribution in [2.24, 2.45) is 0 Å². The summed E-state index contributed by atoms with van der Waals surface area (Å²) < 4.78 is 13.7. The number of benzene rings is 1. The summed E-state index contributed by atoms with van der Waals surface area (Å²) in [6.45, 7) is 2.54. The lowest BCUT2D eigenvalue weighted by Gasteiger charge is -2.22. The molecule has 0 saturated carbocycles. The van der Waals surface area contributed by atoms with Crippen molar-refractivity contribution in [3.05, 3.63) is 29.6 Å². The maximum atomic E-state index is 13.7. The molecule has 1 unspecified atom stereocenters. The van der Waals surface area contributed by atoms with E-state index >= 15 is 0 Å². The summed E-state index contributed by atoms with van der Waals surface area (Å²) in [7, 11) is 0. The van der Waals surface area contributed by atoms with Crippen LogP contribution in [-0.2, 0) is 4.79 Å². The molecule has 1 heterocycles. The van der Waals surface area contributed by atoms with Crippen LogP contribution in [0.3, 0.4) is 0 Å². The van der Waals surface area contributed by atoms with Crippen LogP contribution in [0.15, 0.2) is 18.2 Å². The molecule has 0 radical (unpaired) electrons. The van der Waals surface area contributed by atoms with Gasteiger partial charge in [-0.15, -0.1) is 0 Å². The second-order valence-corrected chi connectivity index (χ2v) is 4.43. The van der Waals surface area contributed by atoms with E-state index in [-0.39, 0.29) is 23.5 Å². The molecule has 3 nitrogen and oxygen atoms in total. The topological polar surface area (TPSA) is 41.1 Å². The Kier molecular flexibility index (Phi) is 3.74. The molecule has 0 aliphatic carbocycles. The van der Waals surface area contributed by atoms with Crippen LogP contribution in [0, 0.1) is 12.7 Å². The third kappa shape index (κ3) is 2.82. The number of anilines is 1. The maximum absolute atomic E-state index is 13.7. The van der Waals surface area contributed by atoms with Gasteiger partial charge in [0.1, 0.15) is 5.82 Å². The lowest BCUT2D eigenvalue weighted by Crippen LogP contribution is -2.43. The zero-order valence-corrected chi connectivity index (χ0v) is 9.92. The number of halogens is 1. The molecule has 0 aromatic heterocycles. The van der Waals surface area contributed by atoms with Crippen molar-refractivity contribution in [2.75, 3.05) is 11.9 Å². The minimum atomic E-state index is -0.350. The third-order valence-corrected chi connectivity index (χ3v) is 3.08. The highest BCUT2D eigenvalue weighted by atomic mass is 19.1.